The van der Waals surface area contributed by atoms with Gasteiger partial charge in [-0.1, -0.05) is 37.3 Å². The third kappa shape index (κ3) is 4.88. The summed E-state index contributed by atoms with van der Waals surface area (Å²) in [6.07, 6.45) is 0.629. The monoisotopic (exact) mass is 291 g/mol. The number of rotatable bonds is 7. The zero-order valence-electron chi connectivity index (χ0n) is 13.4. The molecule has 0 N–H and O–H groups in total. The van der Waals surface area contributed by atoms with Gasteiger partial charge in [-0.25, -0.2) is 0 Å². The topological polar surface area (TPSA) is 46.6 Å². The molecule has 0 saturated heterocycles. The highest BCUT2D eigenvalue weighted by Gasteiger charge is 2.35. The van der Waals surface area contributed by atoms with Crippen LogP contribution in [-0.2, 0) is 20.9 Å². The van der Waals surface area contributed by atoms with Crippen LogP contribution in [0.2, 0.25) is 0 Å². The molecule has 21 heavy (non-hydrogen) atoms. The predicted octanol–water partition coefficient (Wildman–Crippen LogP) is 3.01. The lowest BCUT2D eigenvalue weighted by Gasteiger charge is -2.32. The Balaban J connectivity index is 2.68. The van der Waals surface area contributed by atoms with Crippen LogP contribution in [0.25, 0.3) is 0 Å². The second-order valence-corrected chi connectivity index (χ2v) is 5.51. The molecule has 4 heteroatoms. The highest BCUT2D eigenvalue weighted by atomic mass is 16.5. The molecule has 1 aromatic carbocycles. The van der Waals surface area contributed by atoms with Crippen molar-refractivity contribution in [2.45, 2.75) is 40.7 Å². The van der Waals surface area contributed by atoms with Gasteiger partial charge in [0.25, 0.3) is 0 Å². The molecule has 0 aliphatic heterocycles. The van der Waals surface area contributed by atoms with E-state index in [1.165, 1.54) is 6.92 Å². The number of carbonyl (C=O) groups is 2. The van der Waals surface area contributed by atoms with Gasteiger partial charge in [0.15, 0.2) is 0 Å². The minimum absolute atomic E-state index is 0.0203. The summed E-state index contributed by atoms with van der Waals surface area (Å²) in [6, 6.07) is 9.59. The predicted molar refractivity (Wildman–Crippen MR) is 82.6 cm³/mol. The third-order valence-corrected chi connectivity index (χ3v) is 3.85. The molecule has 0 aliphatic carbocycles. The van der Waals surface area contributed by atoms with E-state index in [-0.39, 0.29) is 18.5 Å². The fraction of sp³-hybridized carbons (Fsp3) is 0.529. The van der Waals surface area contributed by atoms with Crippen molar-refractivity contribution in [3.8, 4) is 0 Å². The molecule has 1 rings (SSSR count). The van der Waals surface area contributed by atoms with Gasteiger partial charge >= 0.3 is 5.97 Å². The van der Waals surface area contributed by atoms with Crippen molar-refractivity contribution in [3.05, 3.63) is 35.9 Å². The largest absolute Gasteiger partial charge is 0.460 e. The summed E-state index contributed by atoms with van der Waals surface area (Å²) >= 11 is 0. The van der Waals surface area contributed by atoms with Crippen LogP contribution in [0.4, 0.5) is 0 Å². The Labute approximate surface area is 127 Å². The van der Waals surface area contributed by atoms with Gasteiger partial charge in [-0.3, -0.25) is 9.59 Å². The lowest BCUT2D eigenvalue weighted by Crippen LogP contribution is -2.43. The molecule has 0 fully saturated rings. The van der Waals surface area contributed by atoms with Crippen LogP contribution < -0.4 is 0 Å². The van der Waals surface area contributed by atoms with Gasteiger partial charge < -0.3 is 9.64 Å². The summed E-state index contributed by atoms with van der Waals surface area (Å²) in [6.45, 7) is 8.48. The summed E-state index contributed by atoms with van der Waals surface area (Å²) in [5, 5.41) is 0. The van der Waals surface area contributed by atoms with Crippen LogP contribution in [0, 0.1) is 5.41 Å². The molecule has 4 nitrogen and oxygen atoms in total. The molecular weight excluding hydrogens is 266 g/mol. The van der Waals surface area contributed by atoms with Gasteiger partial charge in [0, 0.05) is 20.0 Å². The highest BCUT2D eigenvalue weighted by Crippen LogP contribution is 2.25. The number of carbonyl (C=O) groups excluding carboxylic acids is 2. The van der Waals surface area contributed by atoms with Gasteiger partial charge in [-0.05, 0) is 25.8 Å². The van der Waals surface area contributed by atoms with E-state index in [0.29, 0.717) is 19.5 Å². The van der Waals surface area contributed by atoms with Crippen LogP contribution in [-0.4, -0.2) is 29.9 Å². The molecule has 0 radical (unpaired) electrons. The number of hydrogen-bond acceptors (Lipinski definition) is 3. The van der Waals surface area contributed by atoms with Crippen molar-refractivity contribution < 1.29 is 14.3 Å². The molecule has 0 bridgehead atoms. The zero-order valence-corrected chi connectivity index (χ0v) is 13.4. The second-order valence-electron chi connectivity index (χ2n) is 5.51. The molecule has 1 amide bonds. The SMILES string of the molecule is CCN(CC(C)(CC)C(=O)OCc1ccccc1)C(C)=O. The summed E-state index contributed by atoms with van der Waals surface area (Å²) < 4.78 is 5.43. The molecule has 0 aliphatic rings. The molecule has 0 aromatic heterocycles. The molecule has 1 aromatic rings. The Hall–Kier alpha value is -1.84. The average Bonchev–Trinajstić information content (AvgIpc) is 2.50. The fourth-order valence-corrected chi connectivity index (χ4v) is 2.09. The van der Waals surface area contributed by atoms with Gasteiger partial charge in [-0.15, -0.1) is 0 Å². The first kappa shape index (κ1) is 17.2. The Kier molecular flexibility index (Phi) is 6.40. The van der Waals surface area contributed by atoms with Crippen molar-refractivity contribution in [2.75, 3.05) is 13.1 Å². The smallest absolute Gasteiger partial charge is 0.313 e. The number of ether oxygens (including phenoxy) is 1. The summed E-state index contributed by atoms with van der Waals surface area (Å²) in [7, 11) is 0. The second kappa shape index (κ2) is 7.81. The van der Waals surface area contributed by atoms with Crippen molar-refractivity contribution >= 4 is 11.9 Å². The average molecular weight is 291 g/mol. The van der Waals surface area contributed by atoms with Crippen LogP contribution in [0.15, 0.2) is 30.3 Å². The lowest BCUT2D eigenvalue weighted by atomic mass is 9.87. The van der Waals surface area contributed by atoms with Crippen molar-refractivity contribution in [1.82, 2.24) is 4.90 Å². The van der Waals surface area contributed by atoms with Crippen molar-refractivity contribution in [2.24, 2.45) is 5.41 Å². The van der Waals surface area contributed by atoms with Gasteiger partial charge in [-0.2, -0.15) is 0 Å². The zero-order chi connectivity index (χ0) is 15.9. The number of nitrogens with zero attached hydrogens (tertiary/aromatic N) is 1. The normalized spacial score (nSPS) is 13.3. The summed E-state index contributed by atoms with van der Waals surface area (Å²) in [5.74, 6) is -0.276. The number of benzene rings is 1. The van der Waals surface area contributed by atoms with Crippen LogP contribution >= 0.6 is 0 Å². The van der Waals surface area contributed by atoms with E-state index in [2.05, 4.69) is 0 Å². The van der Waals surface area contributed by atoms with Crippen LogP contribution in [0.5, 0.6) is 0 Å². The number of amides is 1. The Morgan fingerprint density at radius 1 is 1.19 bits per heavy atom. The van der Waals surface area contributed by atoms with E-state index in [9.17, 15) is 9.59 Å². The Bertz CT molecular complexity index is 472. The van der Waals surface area contributed by atoms with Gasteiger partial charge in [0.1, 0.15) is 6.61 Å². The molecule has 0 spiro atoms. The Morgan fingerprint density at radius 2 is 1.81 bits per heavy atom. The molecule has 1 atom stereocenters. The first-order valence-electron chi connectivity index (χ1n) is 7.39. The number of esters is 1. The molecule has 1 unspecified atom stereocenters. The van der Waals surface area contributed by atoms with E-state index in [0.717, 1.165) is 5.56 Å². The van der Waals surface area contributed by atoms with E-state index in [1.807, 2.05) is 51.1 Å². The van der Waals surface area contributed by atoms with Crippen LogP contribution in [0.1, 0.15) is 39.7 Å². The molecule has 0 saturated carbocycles. The summed E-state index contributed by atoms with van der Waals surface area (Å²) in [5.41, 5.74) is 0.291. The molecule has 116 valence electrons. The van der Waals surface area contributed by atoms with Gasteiger partial charge in [0.2, 0.25) is 5.91 Å². The lowest BCUT2D eigenvalue weighted by molar-refractivity contribution is -0.158. The van der Waals surface area contributed by atoms with E-state index >= 15 is 0 Å². The van der Waals surface area contributed by atoms with E-state index < -0.39 is 5.41 Å². The third-order valence-electron chi connectivity index (χ3n) is 3.85. The quantitative estimate of drug-likeness (QED) is 0.725. The van der Waals surface area contributed by atoms with E-state index in [4.69, 9.17) is 4.74 Å². The maximum absolute atomic E-state index is 12.4. The first-order valence-corrected chi connectivity index (χ1v) is 7.39. The number of hydrogen-bond donors (Lipinski definition) is 0. The minimum atomic E-state index is -0.670. The van der Waals surface area contributed by atoms with Gasteiger partial charge in [0.05, 0.1) is 5.41 Å². The summed E-state index contributed by atoms with van der Waals surface area (Å²) in [4.78, 5) is 25.6. The highest BCUT2D eigenvalue weighted by molar-refractivity contribution is 5.79. The van der Waals surface area contributed by atoms with E-state index in [1.54, 1.807) is 4.90 Å². The maximum atomic E-state index is 12.4. The minimum Gasteiger partial charge on any atom is -0.460 e. The molecule has 0 heterocycles. The van der Waals surface area contributed by atoms with Crippen LogP contribution in [0.3, 0.4) is 0 Å². The standard InChI is InChI=1S/C17H25NO3/c1-5-17(4,13-18(6-2)14(3)19)16(20)21-12-15-10-8-7-9-11-15/h7-11H,5-6,12-13H2,1-4H3. The van der Waals surface area contributed by atoms with Crippen molar-refractivity contribution in [3.63, 3.8) is 0 Å². The van der Waals surface area contributed by atoms with Crippen molar-refractivity contribution in [1.29, 1.82) is 0 Å². The fourth-order valence-electron chi connectivity index (χ4n) is 2.09. The Morgan fingerprint density at radius 3 is 2.29 bits per heavy atom. The first-order chi connectivity index (χ1) is 9.92. The molecular formula is C17H25NO3. The maximum Gasteiger partial charge on any atom is 0.313 e.